The monoisotopic (exact) mass is 181 g/mol. The Hall–Kier alpha value is -1.49. The number of aryl methyl sites for hydroxylation is 1. The summed E-state index contributed by atoms with van der Waals surface area (Å²) < 4.78 is 0. The molecule has 1 rings (SSSR count). The van der Waals surface area contributed by atoms with Crippen LogP contribution in [0.3, 0.4) is 0 Å². The van der Waals surface area contributed by atoms with Crippen LogP contribution in [0.1, 0.15) is 11.4 Å². The van der Waals surface area contributed by atoms with Gasteiger partial charge < -0.3 is 10.8 Å². The summed E-state index contributed by atoms with van der Waals surface area (Å²) in [4.78, 5) is 18.4. The Bertz CT molecular complexity index is 297. The predicted octanol–water partition coefficient (Wildman–Crippen LogP) is -0.261. The minimum Gasteiger partial charge on any atom is -0.480 e. The zero-order chi connectivity index (χ0) is 9.84. The van der Waals surface area contributed by atoms with E-state index < -0.39 is 12.0 Å². The molecule has 0 aliphatic rings. The van der Waals surface area contributed by atoms with Crippen molar-refractivity contribution in [2.45, 2.75) is 19.4 Å². The summed E-state index contributed by atoms with van der Waals surface area (Å²) in [6, 6.07) is -0.906. The maximum atomic E-state index is 10.4. The fraction of sp³-hybridized carbons (Fsp3) is 0.375. The maximum Gasteiger partial charge on any atom is 0.320 e. The number of carboxylic acids is 1. The van der Waals surface area contributed by atoms with Crippen molar-refractivity contribution < 1.29 is 9.90 Å². The van der Waals surface area contributed by atoms with Gasteiger partial charge in [-0.2, -0.15) is 0 Å². The molecule has 70 valence electrons. The van der Waals surface area contributed by atoms with Gasteiger partial charge in [0, 0.05) is 18.8 Å². The lowest BCUT2D eigenvalue weighted by atomic mass is 10.2. The van der Waals surface area contributed by atoms with Crippen LogP contribution in [0.15, 0.2) is 12.4 Å². The fourth-order valence-electron chi connectivity index (χ4n) is 0.837. The van der Waals surface area contributed by atoms with E-state index in [9.17, 15) is 4.79 Å². The lowest BCUT2D eigenvalue weighted by Gasteiger charge is -2.04. The molecule has 13 heavy (non-hydrogen) atoms. The molecule has 1 aromatic heterocycles. The van der Waals surface area contributed by atoms with E-state index in [1.165, 1.54) is 6.20 Å². The summed E-state index contributed by atoms with van der Waals surface area (Å²) in [7, 11) is 0. The molecule has 0 aliphatic carbocycles. The number of aliphatic carboxylic acids is 1. The summed E-state index contributed by atoms with van der Waals surface area (Å²) in [6.45, 7) is 1.81. The summed E-state index contributed by atoms with van der Waals surface area (Å²) >= 11 is 0. The predicted molar refractivity (Wildman–Crippen MR) is 46.1 cm³/mol. The van der Waals surface area contributed by atoms with Crippen molar-refractivity contribution in [2.24, 2.45) is 5.73 Å². The van der Waals surface area contributed by atoms with E-state index in [0.717, 1.165) is 5.69 Å². The van der Waals surface area contributed by atoms with Gasteiger partial charge in [-0.3, -0.25) is 14.8 Å². The van der Waals surface area contributed by atoms with Crippen LogP contribution in [-0.4, -0.2) is 27.1 Å². The van der Waals surface area contributed by atoms with Gasteiger partial charge in [-0.15, -0.1) is 0 Å². The third-order valence-electron chi connectivity index (χ3n) is 1.58. The molecule has 0 saturated carbocycles. The number of nitrogens with two attached hydrogens (primary N) is 1. The molecule has 0 spiro atoms. The van der Waals surface area contributed by atoms with E-state index in [-0.39, 0.29) is 6.42 Å². The average Bonchev–Trinajstić information content (AvgIpc) is 2.08. The molecule has 0 aromatic carbocycles. The van der Waals surface area contributed by atoms with Gasteiger partial charge in [0.1, 0.15) is 6.04 Å². The SMILES string of the molecule is Cc1cnc(C[C@@H](N)C(=O)O)cn1. The van der Waals surface area contributed by atoms with E-state index in [2.05, 4.69) is 9.97 Å². The second-order valence-electron chi connectivity index (χ2n) is 2.80. The molecule has 0 saturated heterocycles. The molecule has 0 fully saturated rings. The minimum atomic E-state index is -1.03. The Balaban J connectivity index is 2.64. The van der Waals surface area contributed by atoms with E-state index in [1.807, 2.05) is 6.92 Å². The Morgan fingerprint density at radius 3 is 2.77 bits per heavy atom. The minimum absolute atomic E-state index is 0.211. The normalized spacial score (nSPS) is 12.5. The van der Waals surface area contributed by atoms with Crippen molar-refractivity contribution in [3.05, 3.63) is 23.8 Å². The standard InChI is InChI=1S/C8H11N3O2/c1-5-3-11-6(4-10-5)2-7(9)8(12)13/h3-4,7H,2,9H2,1H3,(H,12,13)/t7-/m1/s1. The van der Waals surface area contributed by atoms with Crippen molar-refractivity contribution >= 4 is 5.97 Å². The summed E-state index contributed by atoms with van der Waals surface area (Å²) in [6.07, 6.45) is 3.34. The molecule has 0 amide bonds. The van der Waals surface area contributed by atoms with E-state index in [4.69, 9.17) is 10.8 Å². The average molecular weight is 181 g/mol. The molecule has 5 nitrogen and oxygen atoms in total. The number of nitrogens with zero attached hydrogens (tertiary/aromatic N) is 2. The zero-order valence-corrected chi connectivity index (χ0v) is 7.27. The highest BCUT2D eigenvalue weighted by molar-refractivity contribution is 5.73. The third-order valence-corrected chi connectivity index (χ3v) is 1.58. The van der Waals surface area contributed by atoms with Gasteiger partial charge in [-0.25, -0.2) is 0 Å². The molecule has 0 aliphatic heterocycles. The van der Waals surface area contributed by atoms with Crippen LogP contribution >= 0.6 is 0 Å². The fourth-order valence-corrected chi connectivity index (χ4v) is 0.837. The highest BCUT2D eigenvalue weighted by Gasteiger charge is 2.12. The zero-order valence-electron chi connectivity index (χ0n) is 7.27. The second-order valence-corrected chi connectivity index (χ2v) is 2.80. The number of hydrogen-bond donors (Lipinski definition) is 2. The molecule has 0 unspecified atom stereocenters. The van der Waals surface area contributed by atoms with Gasteiger partial charge in [0.15, 0.2) is 0 Å². The summed E-state index contributed by atoms with van der Waals surface area (Å²) in [5.41, 5.74) is 6.72. The first-order valence-electron chi connectivity index (χ1n) is 3.85. The Kier molecular flexibility index (Phi) is 2.92. The van der Waals surface area contributed by atoms with Crippen LogP contribution in [0.5, 0.6) is 0 Å². The number of rotatable bonds is 3. The largest absolute Gasteiger partial charge is 0.480 e. The van der Waals surface area contributed by atoms with Gasteiger partial charge in [0.2, 0.25) is 0 Å². The molecule has 0 bridgehead atoms. The topological polar surface area (TPSA) is 89.1 Å². The first-order valence-corrected chi connectivity index (χ1v) is 3.85. The molecule has 1 aromatic rings. The molecule has 0 radical (unpaired) electrons. The van der Waals surface area contributed by atoms with Crippen molar-refractivity contribution in [3.63, 3.8) is 0 Å². The lowest BCUT2D eigenvalue weighted by Crippen LogP contribution is -2.32. The molecule has 3 N–H and O–H groups in total. The van der Waals surface area contributed by atoms with Crippen LogP contribution in [0.25, 0.3) is 0 Å². The van der Waals surface area contributed by atoms with Crippen molar-refractivity contribution in [2.75, 3.05) is 0 Å². The number of hydrogen-bond acceptors (Lipinski definition) is 4. The van der Waals surface area contributed by atoms with Crippen LogP contribution < -0.4 is 5.73 Å². The Morgan fingerprint density at radius 2 is 2.31 bits per heavy atom. The number of carboxylic acid groups (broad SMARTS) is 1. The highest BCUT2D eigenvalue weighted by Crippen LogP contribution is 1.97. The molecule has 1 heterocycles. The van der Waals surface area contributed by atoms with E-state index in [1.54, 1.807) is 6.20 Å². The molecular formula is C8H11N3O2. The first-order chi connectivity index (χ1) is 6.09. The van der Waals surface area contributed by atoms with E-state index in [0.29, 0.717) is 5.69 Å². The lowest BCUT2D eigenvalue weighted by molar-refractivity contribution is -0.138. The molecule has 1 atom stereocenters. The van der Waals surface area contributed by atoms with Crippen molar-refractivity contribution in [1.82, 2.24) is 9.97 Å². The molecular weight excluding hydrogens is 170 g/mol. The third kappa shape index (κ3) is 2.79. The van der Waals surface area contributed by atoms with Crippen LogP contribution in [0, 0.1) is 6.92 Å². The second kappa shape index (κ2) is 3.95. The number of aromatic nitrogens is 2. The molecule has 5 heteroatoms. The van der Waals surface area contributed by atoms with Gasteiger partial charge in [-0.05, 0) is 6.92 Å². The van der Waals surface area contributed by atoms with Gasteiger partial charge >= 0.3 is 5.97 Å². The van der Waals surface area contributed by atoms with Crippen molar-refractivity contribution in [1.29, 1.82) is 0 Å². The number of carbonyl (C=O) groups is 1. The summed E-state index contributed by atoms with van der Waals surface area (Å²) in [5.74, 6) is -1.03. The quantitative estimate of drug-likeness (QED) is 0.670. The first kappa shape index (κ1) is 9.60. The van der Waals surface area contributed by atoms with Crippen molar-refractivity contribution in [3.8, 4) is 0 Å². The Labute approximate surface area is 75.6 Å². The van der Waals surface area contributed by atoms with Gasteiger partial charge in [0.05, 0.1) is 11.4 Å². The van der Waals surface area contributed by atoms with Crippen LogP contribution in [0.4, 0.5) is 0 Å². The van der Waals surface area contributed by atoms with Gasteiger partial charge in [-0.1, -0.05) is 0 Å². The Morgan fingerprint density at radius 1 is 1.62 bits per heavy atom. The smallest absolute Gasteiger partial charge is 0.320 e. The van der Waals surface area contributed by atoms with E-state index >= 15 is 0 Å². The van der Waals surface area contributed by atoms with Gasteiger partial charge in [0.25, 0.3) is 0 Å². The van der Waals surface area contributed by atoms with Crippen LogP contribution in [-0.2, 0) is 11.2 Å². The van der Waals surface area contributed by atoms with Crippen LogP contribution in [0.2, 0.25) is 0 Å². The maximum absolute atomic E-state index is 10.4. The highest BCUT2D eigenvalue weighted by atomic mass is 16.4. The summed E-state index contributed by atoms with van der Waals surface area (Å²) in [5, 5.41) is 8.52.